The number of halogens is 2. The molecule has 1 aromatic heterocycles. The molecule has 0 fully saturated rings. The number of hydrogen-bond acceptors (Lipinski definition) is 4. The van der Waals surface area contributed by atoms with Crippen LogP contribution >= 0.6 is 12.2 Å². The van der Waals surface area contributed by atoms with Gasteiger partial charge < -0.3 is 9.84 Å². The van der Waals surface area contributed by atoms with E-state index < -0.39 is 0 Å². The molecule has 34 heavy (non-hydrogen) atoms. The second-order valence-corrected chi connectivity index (χ2v) is 8.42. The first kappa shape index (κ1) is 21.9. The summed E-state index contributed by atoms with van der Waals surface area (Å²) < 4.78 is 33.0. The van der Waals surface area contributed by atoms with Gasteiger partial charge >= 0.3 is 0 Å². The van der Waals surface area contributed by atoms with E-state index in [0.717, 1.165) is 22.4 Å². The number of anilines is 1. The number of nitrogens with one attached hydrogen (secondary N) is 1. The molecule has 2 heterocycles. The number of nitrogens with zero attached hydrogens (tertiary/aromatic N) is 3. The molecule has 1 unspecified atom stereocenters. The molecule has 4 aromatic rings. The molecule has 0 saturated carbocycles. The molecule has 5 nitrogen and oxygen atoms in total. The lowest BCUT2D eigenvalue weighted by molar-refractivity contribution is 0.404. The molecule has 0 spiro atoms. The van der Waals surface area contributed by atoms with Crippen LogP contribution in [-0.2, 0) is 0 Å². The van der Waals surface area contributed by atoms with Gasteiger partial charge in [-0.3, -0.25) is 4.90 Å². The Balaban J connectivity index is 1.65. The van der Waals surface area contributed by atoms with E-state index in [1.807, 2.05) is 38.1 Å². The van der Waals surface area contributed by atoms with Gasteiger partial charge in [0.15, 0.2) is 5.11 Å². The van der Waals surface area contributed by atoms with Gasteiger partial charge in [-0.2, -0.15) is 4.98 Å². The van der Waals surface area contributed by atoms with Gasteiger partial charge in [0.25, 0.3) is 5.89 Å². The smallest absolute Gasteiger partial charge is 0.258 e. The molecule has 1 aliphatic rings. The standard InChI is InChI=1S/C26H20F2N4OS/c1-15-6-8-17(9-7-15)23-22(25-30-24(31-33-25)18-4-3-5-20(28)14-18)16(2)32(26(34)29-23)21-12-10-19(27)11-13-21/h3-14,23H,1-2H3,(H,29,34). The maximum atomic E-state index is 13.7. The second-order valence-electron chi connectivity index (χ2n) is 8.04. The van der Waals surface area contributed by atoms with E-state index in [-0.39, 0.29) is 29.4 Å². The molecule has 8 heteroatoms. The van der Waals surface area contributed by atoms with Crippen molar-refractivity contribution in [3.63, 3.8) is 0 Å². The molecule has 0 aliphatic carbocycles. The highest BCUT2D eigenvalue weighted by molar-refractivity contribution is 7.80. The summed E-state index contributed by atoms with van der Waals surface area (Å²) in [5.74, 6) is -0.164. The fraction of sp³-hybridized carbons (Fsp3) is 0.115. The summed E-state index contributed by atoms with van der Waals surface area (Å²) in [4.78, 5) is 6.39. The van der Waals surface area contributed by atoms with Gasteiger partial charge in [0.05, 0.1) is 11.6 Å². The molecule has 0 radical (unpaired) electrons. The first-order valence-corrected chi connectivity index (χ1v) is 11.0. The molecule has 1 N–H and O–H groups in total. The zero-order chi connectivity index (χ0) is 23.8. The highest BCUT2D eigenvalue weighted by Gasteiger charge is 2.34. The van der Waals surface area contributed by atoms with Crippen molar-refractivity contribution in [3.8, 4) is 11.4 Å². The minimum absolute atomic E-state index is 0.277. The zero-order valence-electron chi connectivity index (χ0n) is 18.4. The lowest BCUT2D eigenvalue weighted by Gasteiger charge is -2.37. The monoisotopic (exact) mass is 474 g/mol. The lowest BCUT2D eigenvalue weighted by atomic mass is 9.94. The topological polar surface area (TPSA) is 54.2 Å². The van der Waals surface area contributed by atoms with E-state index in [9.17, 15) is 8.78 Å². The SMILES string of the molecule is CC1=C(c2nc(-c3cccc(F)c3)no2)C(c2ccc(C)cc2)NC(=S)N1c1ccc(F)cc1. The largest absolute Gasteiger partial charge is 0.351 e. The Morgan fingerprint density at radius 2 is 1.68 bits per heavy atom. The van der Waals surface area contributed by atoms with Crippen LogP contribution in [0.3, 0.4) is 0 Å². The molecule has 3 aromatic carbocycles. The van der Waals surface area contributed by atoms with Crippen LogP contribution in [-0.4, -0.2) is 15.3 Å². The Bertz CT molecular complexity index is 1400. The van der Waals surface area contributed by atoms with Crippen molar-refractivity contribution in [1.82, 2.24) is 15.5 Å². The number of allylic oxidation sites excluding steroid dienone is 1. The van der Waals surface area contributed by atoms with Gasteiger partial charge in [-0.1, -0.05) is 47.1 Å². The fourth-order valence-electron chi connectivity index (χ4n) is 4.01. The first-order chi connectivity index (χ1) is 16.4. The number of benzene rings is 3. The summed E-state index contributed by atoms with van der Waals surface area (Å²) in [5, 5.41) is 7.92. The van der Waals surface area contributed by atoms with Crippen molar-refractivity contribution in [2.24, 2.45) is 0 Å². The van der Waals surface area contributed by atoms with E-state index in [1.165, 1.54) is 24.3 Å². The maximum absolute atomic E-state index is 13.7. The highest BCUT2D eigenvalue weighted by Crippen LogP contribution is 2.39. The zero-order valence-corrected chi connectivity index (χ0v) is 19.2. The van der Waals surface area contributed by atoms with E-state index >= 15 is 0 Å². The molecule has 1 atom stereocenters. The molecule has 0 bridgehead atoms. The summed E-state index contributed by atoms with van der Waals surface area (Å²) in [5.41, 5.74) is 4.78. The van der Waals surface area contributed by atoms with Gasteiger partial charge in [0.1, 0.15) is 11.6 Å². The second kappa shape index (κ2) is 8.79. The number of aryl methyl sites for hydroxylation is 1. The number of thiocarbonyl (C=S) groups is 1. The Morgan fingerprint density at radius 1 is 0.941 bits per heavy atom. The molecule has 170 valence electrons. The van der Waals surface area contributed by atoms with E-state index in [1.54, 1.807) is 29.2 Å². The van der Waals surface area contributed by atoms with E-state index in [2.05, 4.69) is 15.5 Å². The van der Waals surface area contributed by atoms with E-state index in [0.29, 0.717) is 16.4 Å². The summed E-state index contributed by atoms with van der Waals surface area (Å²) >= 11 is 5.70. The number of aromatic nitrogens is 2. The van der Waals surface area contributed by atoms with Crippen LogP contribution in [0.1, 0.15) is 30.0 Å². The lowest BCUT2D eigenvalue weighted by Crippen LogP contribution is -2.46. The predicted molar refractivity (Wildman–Crippen MR) is 131 cm³/mol. The highest BCUT2D eigenvalue weighted by atomic mass is 32.1. The number of hydrogen-bond donors (Lipinski definition) is 1. The Kier molecular flexibility index (Phi) is 5.67. The third kappa shape index (κ3) is 4.08. The summed E-state index contributed by atoms with van der Waals surface area (Å²) in [6.07, 6.45) is 0. The van der Waals surface area contributed by atoms with Crippen molar-refractivity contribution in [3.05, 3.63) is 107 Å². The van der Waals surface area contributed by atoms with Gasteiger partial charge in [-0.05, 0) is 68.0 Å². The third-order valence-corrected chi connectivity index (χ3v) is 6.02. The average Bonchev–Trinajstić information content (AvgIpc) is 3.30. The summed E-state index contributed by atoms with van der Waals surface area (Å²) in [6.45, 7) is 3.92. The van der Waals surface area contributed by atoms with Crippen LogP contribution in [0.5, 0.6) is 0 Å². The van der Waals surface area contributed by atoms with Crippen molar-refractivity contribution < 1.29 is 13.3 Å². The van der Waals surface area contributed by atoms with Gasteiger partial charge in [0, 0.05) is 16.9 Å². The summed E-state index contributed by atoms with van der Waals surface area (Å²) in [6, 6.07) is 19.8. The van der Waals surface area contributed by atoms with Gasteiger partial charge in [-0.25, -0.2) is 8.78 Å². The fourth-order valence-corrected chi connectivity index (χ4v) is 4.37. The molecular formula is C26H20F2N4OS. The normalized spacial score (nSPS) is 16.1. The van der Waals surface area contributed by atoms with Gasteiger partial charge in [-0.15, -0.1) is 0 Å². The molecule has 1 aliphatic heterocycles. The maximum Gasteiger partial charge on any atom is 0.258 e. The van der Waals surface area contributed by atoms with Crippen molar-refractivity contribution in [2.45, 2.75) is 19.9 Å². The van der Waals surface area contributed by atoms with Crippen molar-refractivity contribution in [2.75, 3.05) is 4.90 Å². The Hall–Kier alpha value is -3.91. The Labute approximate surface area is 200 Å². The minimum Gasteiger partial charge on any atom is -0.351 e. The molecule has 0 saturated heterocycles. The summed E-state index contributed by atoms with van der Waals surface area (Å²) in [7, 11) is 0. The van der Waals surface area contributed by atoms with E-state index in [4.69, 9.17) is 16.7 Å². The minimum atomic E-state index is -0.385. The molecule has 0 amide bonds. The average molecular weight is 475 g/mol. The van der Waals surface area contributed by atoms with Crippen molar-refractivity contribution >= 4 is 28.6 Å². The Morgan fingerprint density at radius 3 is 2.38 bits per heavy atom. The van der Waals surface area contributed by atoms with Crippen LogP contribution in [0.25, 0.3) is 17.0 Å². The van der Waals surface area contributed by atoms with Crippen LogP contribution in [0.4, 0.5) is 14.5 Å². The van der Waals surface area contributed by atoms with Gasteiger partial charge in [0.2, 0.25) is 5.82 Å². The molecule has 5 rings (SSSR count). The van der Waals surface area contributed by atoms with Crippen LogP contribution in [0.15, 0.2) is 83.0 Å². The van der Waals surface area contributed by atoms with Crippen LogP contribution in [0.2, 0.25) is 0 Å². The van der Waals surface area contributed by atoms with Crippen molar-refractivity contribution in [1.29, 1.82) is 0 Å². The number of rotatable bonds is 4. The molecular weight excluding hydrogens is 454 g/mol. The predicted octanol–water partition coefficient (Wildman–Crippen LogP) is 6.19. The van der Waals surface area contributed by atoms with Crippen LogP contribution < -0.4 is 10.2 Å². The van der Waals surface area contributed by atoms with Crippen LogP contribution in [0, 0.1) is 18.6 Å². The third-order valence-electron chi connectivity index (χ3n) is 5.72. The first-order valence-electron chi connectivity index (χ1n) is 10.6. The quantitative estimate of drug-likeness (QED) is 0.356.